The smallest absolute Gasteiger partial charge is 0.339 e. The first-order chi connectivity index (χ1) is 13.9. The van der Waals surface area contributed by atoms with Crippen molar-refractivity contribution in [2.75, 3.05) is 37.0 Å². The topological polar surface area (TPSA) is 87.7 Å². The Morgan fingerprint density at radius 3 is 2.69 bits per heavy atom. The second kappa shape index (κ2) is 9.09. The van der Waals surface area contributed by atoms with Gasteiger partial charge in [-0.25, -0.2) is 19.6 Å². The fourth-order valence-electron chi connectivity index (χ4n) is 3.36. The Bertz CT molecular complexity index is 892. The van der Waals surface area contributed by atoms with Crippen molar-refractivity contribution in [2.24, 2.45) is 5.92 Å². The number of anilines is 2. The Morgan fingerprint density at radius 1 is 1.24 bits per heavy atom. The van der Waals surface area contributed by atoms with Gasteiger partial charge >= 0.3 is 12.0 Å². The number of ether oxygens (including phenoxy) is 1. The van der Waals surface area contributed by atoms with E-state index in [0.717, 1.165) is 0 Å². The number of methoxy groups -OCH3 is 1. The van der Waals surface area contributed by atoms with Crippen molar-refractivity contribution in [3.8, 4) is 0 Å². The average molecular weight is 418 g/mol. The summed E-state index contributed by atoms with van der Waals surface area (Å²) in [7, 11) is 1.31. The van der Waals surface area contributed by atoms with E-state index in [2.05, 4.69) is 29.1 Å². The summed E-state index contributed by atoms with van der Waals surface area (Å²) in [5, 5.41) is 3.24. The van der Waals surface area contributed by atoms with Crippen molar-refractivity contribution in [3.63, 3.8) is 0 Å². The molecule has 1 aromatic carbocycles. The lowest BCUT2D eigenvalue weighted by Gasteiger charge is -2.43. The number of nitrogens with one attached hydrogen (secondary N) is 1. The fraction of sp³-hybridized carbons (Fsp3) is 0.400. The lowest BCUT2D eigenvalue weighted by Crippen LogP contribution is -2.58. The van der Waals surface area contributed by atoms with Crippen molar-refractivity contribution >= 4 is 35.2 Å². The number of carbonyl (C=O) groups excluding carboxylic acids is 2. The maximum atomic E-state index is 13.0. The first-order valence-corrected chi connectivity index (χ1v) is 9.77. The number of carbonyl (C=O) groups is 2. The van der Waals surface area contributed by atoms with E-state index in [1.54, 1.807) is 41.4 Å². The Hall–Kier alpha value is -2.87. The summed E-state index contributed by atoms with van der Waals surface area (Å²) >= 11 is 5.99. The molecule has 1 saturated heterocycles. The fourth-order valence-corrected chi connectivity index (χ4v) is 3.49. The van der Waals surface area contributed by atoms with Gasteiger partial charge in [-0.05, 0) is 24.1 Å². The van der Waals surface area contributed by atoms with E-state index in [0.29, 0.717) is 42.0 Å². The number of hydrogen-bond donors (Lipinski definition) is 1. The molecule has 2 amide bonds. The molecule has 3 rings (SSSR count). The van der Waals surface area contributed by atoms with Gasteiger partial charge in [0.15, 0.2) is 0 Å². The Kier molecular flexibility index (Phi) is 6.53. The van der Waals surface area contributed by atoms with Gasteiger partial charge in [0.2, 0.25) is 5.95 Å². The summed E-state index contributed by atoms with van der Waals surface area (Å²) in [5.41, 5.74) is 0.739. The zero-order valence-corrected chi connectivity index (χ0v) is 17.4. The highest BCUT2D eigenvalue weighted by atomic mass is 35.5. The Labute approximate surface area is 174 Å². The van der Waals surface area contributed by atoms with E-state index < -0.39 is 5.97 Å². The van der Waals surface area contributed by atoms with Crippen LogP contribution in [0.5, 0.6) is 0 Å². The molecule has 154 valence electrons. The van der Waals surface area contributed by atoms with Crippen LogP contribution in [0.3, 0.4) is 0 Å². The Morgan fingerprint density at radius 2 is 2.00 bits per heavy atom. The third kappa shape index (κ3) is 4.76. The predicted molar refractivity (Wildman–Crippen MR) is 111 cm³/mol. The standard InChI is InChI=1S/C20H24ClN5O3/c1-13(2)16-12-25(19-22-9-8-17(21)24-19)10-11-26(16)20(28)23-15-7-5-4-6-14(15)18(27)29-3/h4-9,13,16H,10-12H2,1-3H3,(H,23,28). The van der Waals surface area contributed by atoms with E-state index in [-0.39, 0.29) is 18.0 Å². The zero-order chi connectivity index (χ0) is 21.0. The minimum Gasteiger partial charge on any atom is -0.465 e. The van der Waals surface area contributed by atoms with Crippen LogP contribution < -0.4 is 10.2 Å². The molecule has 0 aliphatic carbocycles. The molecule has 2 heterocycles. The van der Waals surface area contributed by atoms with Crippen LogP contribution >= 0.6 is 11.6 Å². The second-order valence-corrected chi connectivity index (χ2v) is 7.48. The van der Waals surface area contributed by atoms with E-state index in [9.17, 15) is 9.59 Å². The number of halogens is 1. The second-order valence-electron chi connectivity index (χ2n) is 7.10. The molecule has 1 N–H and O–H groups in total. The normalized spacial score (nSPS) is 16.7. The van der Waals surface area contributed by atoms with E-state index >= 15 is 0 Å². The van der Waals surface area contributed by atoms with E-state index in [1.807, 2.05) is 4.90 Å². The zero-order valence-electron chi connectivity index (χ0n) is 16.6. The molecule has 1 atom stereocenters. The van der Waals surface area contributed by atoms with Crippen molar-refractivity contribution in [1.29, 1.82) is 0 Å². The number of urea groups is 1. The first kappa shape index (κ1) is 20.9. The van der Waals surface area contributed by atoms with Gasteiger partial charge in [0.25, 0.3) is 0 Å². The summed E-state index contributed by atoms with van der Waals surface area (Å²) < 4.78 is 4.80. The van der Waals surface area contributed by atoms with Crippen molar-refractivity contribution in [3.05, 3.63) is 47.2 Å². The summed E-state index contributed by atoms with van der Waals surface area (Å²) in [6.07, 6.45) is 1.62. The van der Waals surface area contributed by atoms with E-state index in [1.165, 1.54) is 7.11 Å². The molecule has 9 heteroatoms. The number of aromatic nitrogens is 2. The number of hydrogen-bond acceptors (Lipinski definition) is 6. The van der Waals surface area contributed by atoms with Gasteiger partial charge in [-0.15, -0.1) is 0 Å². The highest BCUT2D eigenvalue weighted by Gasteiger charge is 2.34. The minimum atomic E-state index is -0.496. The molecule has 1 aromatic heterocycles. The predicted octanol–water partition coefficient (Wildman–Crippen LogP) is 3.30. The van der Waals surface area contributed by atoms with Gasteiger partial charge in [0, 0.05) is 25.8 Å². The Balaban J connectivity index is 1.77. The molecule has 0 radical (unpaired) electrons. The lowest BCUT2D eigenvalue weighted by molar-refractivity contribution is 0.0602. The number of nitrogens with zero attached hydrogens (tertiary/aromatic N) is 4. The molecule has 8 nitrogen and oxygen atoms in total. The van der Waals surface area contributed by atoms with Gasteiger partial charge in [-0.3, -0.25) is 0 Å². The number of para-hydroxylation sites is 1. The first-order valence-electron chi connectivity index (χ1n) is 9.39. The molecule has 1 aliphatic rings. The monoisotopic (exact) mass is 417 g/mol. The van der Waals surface area contributed by atoms with Crippen LogP contribution in [0.25, 0.3) is 0 Å². The van der Waals surface area contributed by atoms with Crippen LogP contribution in [0.2, 0.25) is 5.15 Å². The molecular weight excluding hydrogens is 394 g/mol. The quantitative estimate of drug-likeness (QED) is 0.606. The van der Waals surface area contributed by atoms with Crippen LogP contribution in [0, 0.1) is 5.92 Å². The van der Waals surface area contributed by atoms with Gasteiger partial charge < -0.3 is 19.9 Å². The van der Waals surface area contributed by atoms with E-state index in [4.69, 9.17) is 16.3 Å². The van der Waals surface area contributed by atoms with Crippen LogP contribution in [0.1, 0.15) is 24.2 Å². The van der Waals surface area contributed by atoms with Crippen LogP contribution in [0.4, 0.5) is 16.4 Å². The molecular formula is C20H24ClN5O3. The molecule has 0 bridgehead atoms. The molecule has 29 heavy (non-hydrogen) atoms. The molecule has 0 saturated carbocycles. The van der Waals surface area contributed by atoms with Crippen molar-refractivity contribution in [2.45, 2.75) is 19.9 Å². The molecule has 0 spiro atoms. The number of esters is 1. The highest BCUT2D eigenvalue weighted by molar-refractivity contribution is 6.29. The summed E-state index contributed by atoms with van der Waals surface area (Å²) in [6, 6.07) is 8.11. The summed E-state index contributed by atoms with van der Waals surface area (Å²) in [4.78, 5) is 37.4. The summed E-state index contributed by atoms with van der Waals surface area (Å²) in [6.45, 7) is 5.79. The van der Waals surface area contributed by atoms with Crippen LogP contribution in [-0.4, -0.2) is 59.7 Å². The van der Waals surface area contributed by atoms with Crippen LogP contribution in [-0.2, 0) is 4.74 Å². The molecule has 1 fully saturated rings. The highest BCUT2D eigenvalue weighted by Crippen LogP contribution is 2.23. The van der Waals surface area contributed by atoms with Gasteiger partial charge in [-0.1, -0.05) is 37.6 Å². The maximum Gasteiger partial charge on any atom is 0.339 e. The number of amides is 2. The van der Waals surface area contributed by atoms with Gasteiger partial charge in [-0.2, -0.15) is 0 Å². The molecule has 2 aromatic rings. The van der Waals surface area contributed by atoms with Crippen LogP contribution in [0.15, 0.2) is 36.5 Å². The third-order valence-electron chi connectivity index (χ3n) is 4.91. The molecule has 1 aliphatic heterocycles. The molecule has 1 unspecified atom stereocenters. The van der Waals surface area contributed by atoms with Gasteiger partial charge in [0.05, 0.1) is 24.4 Å². The average Bonchev–Trinajstić information content (AvgIpc) is 2.73. The maximum absolute atomic E-state index is 13.0. The third-order valence-corrected chi connectivity index (χ3v) is 5.13. The van der Waals surface area contributed by atoms with Gasteiger partial charge in [0.1, 0.15) is 5.15 Å². The van der Waals surface area contributed by atoms with Crippen molar-refractivity contribution < 1.29 is 14.3 Å². The minimum absolute atomic E-state index is 0.0587. The largest absolute Gasteiger partial charge is 0.465 e. The SMILES string of the molecule is COC(=O)c1ccccc1NC(=O)N1CCN(c2nccc(Cl)n2)CC1C(C)C. The van der Waals surface area contributed by atoms with Crippen molar-refractivity contribution in [1.82, 2.24) is 14.9 Å². The summed E-state index contributed by atoms with van der Waals surface area (Å²) in [5.74, 6) is 0.266. The number of rotatable bonds is 4. The number of benzene rings is 1. The number of piperazine rings is 1. The lowest BCUT2D eigenvalue weighted by atomic mass is 10.00.